The highest BCUT2D eigenvalue weighted by Crippen LogP contribution is 2.43. The maximum Gasteiger partial charge on any atom is 0.351 e. The minimum atomic E-state index is -3.06. The quantitative estimate of drug-likeness (QED) is 0.677. The zero-order chi connectivity index (χ0) is 23.2. The van der Waals surface area contributed by atoms with Crippen molar-refractivity contribution in [3.63, 3.8) is 0 Å². The van der Waals surface area contributed by atoms with Gasteiger partial charge in [-0.1, -0.05) is 34.9 Å². The first kappa shape index (κ1) is 20.3. The van der Waals surface area contributed by atoms with Crippen molar-refractivity contribution in [2.24, 2.45) is 15.0 Å². The summed E-state index contributed by atoms with van der Waals surface area (Å²) in [5.74, 6) is -0.444. The zero-order valence-corrected chi connectivity index (χ0v) is 18.5. The second kappa shape index (κ2) is 7.92. The van der Waals surface area contributed by atoms with Crippen molar-refractivity contribution in [1.82, 2.24) is 4.98 Å². The Morgan fingerprint density at radius 3 is 2.24 bits per heavy atom. The number of hydrogen-bond donors (Lipinski definition) is 1. The molecule has 1 unspecified atom stereocenters. The fourth-order valence-corrected chi connectivity index (χ4v) is 4.83. The highest BCUT2D eigenvalue weighted by atomic mass is 31.1. The molecule has 162 valence electrons. The molecule has 4 aliphatic heterocycles. The molecule has 1 N–H and O–H groups in total. The number of nitrogens with zero attached hydrogens (tertiary/aromatic N) is 3. The van der Waals surface area contributed by atoms with Gasteiger partial charge in [0.15, 0.2) is 0 Å². The van der Waals surface area contributed by atoms with E-state index in [0.717, 1.165) is 11.4 Å². The van der Waals surface area contributed by atoms with Crippen molar-refractivity contribution in [3.8, 4) is 0 Å². The number of ketones is 1. The lowest BCUT2D eigenvalue weighted by Crippen LogP contribution is -2.22. The number of carbonyl (C=O) groups is 1. The fraction of sp³-hybridized carbons (Fsp3) is 0. The van der Waals surface area contributed by atoms with E-state index in [1.165, 1.54) is 0 Å². The Hall–Kier alpha value is -4.32. The van der Waals surface area contributed by atoms with Crippen LogP contribution in [-0.2, 0) is 9.36 Å². The van der Waals surface area contributed by atoms with E-state index in [9.17, 15) is 14.3 Å². The Morgan fingerprint density at radius 2 is 1.50 bits per heavy atom. The van der Waals surface area contributed by atoms with Crippen molar-refractivity contribution in [3.05, 3.63) is 112 Å². The molecule has 8 bridgehead atoms. The number of carbonyl (C=O) groups excluding carboxylic acids is 1. The number of H-pyrrole nitrogens is 1. The van der Waals surface area contributed by atoms with Crippen LogP contribution in [0.4, 0.5) is 0 Å². The molecule has 0 fully saturated rings. The zero-order valence-electron chi connectivity index (χ0n) is 17.6. The number of benzene rings is 1. The van der Waals surface area contributed by atoms with Gasteiger partial charge in [-0.15, -0.1) is 0 Å². The van der Waals surface area contributed by atoms with E-state index in [0.29, 0.717) is 22.7 Å². The molecular weight excluding hydrogens is 447 g/mol. The molecule has 1 aromatic heterocycles. The molecule has 1 atom stereocenters. The smallest absolute Gasteiger partial charge is 0.351 e. The molecule has 0 saturated heterocycles. The molecule has 0 amide bonds. The lowest BCUT2D eigenvalue weighted by molar-refractivity contribution is -0.161. The Balaban J connectivity index is 1.60. The van der Waals surface area contributed by atoms with E-state index in [1.807, 2.05) is 36.4 Å². The number of allylic oxidation sites excluding steroid dienone is 7. The molecule has 6 rings (SSSR count). The van der Waals surface area contributed by atoms with Gasteiger partial charge in [-0.25, -0.2) is 15.0 Å². The van der Waals surface area contributed by atoms with E-state index in [4.69, 9.17) is 0 Å². The summed E-state index contributed by atoms with van der Waals surface area (Å²) in [5, 5.41) is -0.00525. The normalized spacial score (nSPS) is 19.0. The van der Waals surface area contributed by atoms with Crippen LogP contribution in [0.25, 0.3) is 17.7 Å². The third-order valence-corrected chi connectivity index (χ3v) is 6.43. The second-order valence-corrected chi connectivity index (χ2v) is 8.84. The summed E-state index contributed by atoms with van der Waals surface area (Å²) in [6, 6.07) is 12.8. The van der Waals surface area contributed by atoms with E-state index in [2.05, 4.69) is 20.0 Å². The highest BCUT2D eigenvalue weighted by molar-refractivity contribution is 7.42. The first-order valence-corrected chi connectivity index (χ1v) is 11.7. The number of Topliss-reactive ketones (excluding diaryl/α,β-unsaturated/α-hetero) is 1. The number of rotatable bonds is 2. The lowest BCUT2D eigenvalue weighted by Gasteiger charge is -2.05. The summed E-state index contributed by atoms with van der Waals surface area (Å²) in [6.45, 7) is 0. The maximum absolute atomic E-state index is 13.5. The molecule has 34 heavy (non-hydrogen) atoms. The Bertz CT molecular complexity index is 1570. The molecule has 0 saturated carbocycles. The van der Waals surface area contributed by atoms with Gasteiger partial charge in [-0.3, -0.25) is 4.79 Å². The Morgan fingerprint density at radius 1 is 0.794 bits per heavy atom. The van der Waals surface area contributed by atoms with Gasteiger partial charge in [0, 0.05) is 11.4 Å². The van der Waals surface area contributed by atoms with Gasteiger partial charge in [-0.05, 0) is 60.2 Å². The number of aromatic amines is 1. The Labute approximate surface area is 195 Å². The predicted molar refractivity (Wildman–Crippen MR) is 131 cm³/mol. The predicted octanol–water partition coefficient (Wildman–Crippen LogP) is 4.15. The molecule has 1 aromatic carbocycles. The third-order valence-electron chi connectivity index (χ3n) is 5.61. The van der Waals surface area contributed by atoms with Crippen LogP contribution in [-0.4, -0.2) is 27.9 Å². The van der Waals surface area contributed by atoms with Crippen LogP contribution in [0, 0.1) is 0 Å². The van der Waals surface area contributed by atoms with Crippen LogP contribution >= 0.6 is 8.03 Å². The van der Waals surface area contributed by atoms with Crippen molar-refractivity contribution in [2.75, 3.05) is 0 Å². The molecule has 0 radical (unpaired) electrons. The average Bonchev–Trinajstić information content (AvgIpc) is 3.62. The van der Waals surface area contributed by atoms with Crippen molar-refractivity contribution < 1.29 is 14.3 Å². The Kier molecular flexibility index (Phi) is 4.73. The number of hydrogen-bond acceptors (Lipinski definition) is 6. The molecule has 5 heterocycles. The molecule has 2 aromatic rings. The molecule has 0 aliphatic carbocycles. The van der Waals surface area contributed by atoms with Crippen LogP contribution in [0.15, 0.2) is 110 Å². The average molecular weight is 462 g/mol. The van der Waals surface area contributed by atoms with Gasteiger partial charge in [0.05, 0.1) is 22.7 Å². The fourth-order valence-electron chi connectivity index (χ4n) is 4.12. The summed E-state index contributed by atoms with van der Waals surface area (Å²) in [4.78, 5) is 42.8. The molecule has 7 nitrogen and oxygen atoms in total. The summed E-state index contributed by atoms with van der Waals surface area (Å²) >= 11 is 0. The minimum absolute atomic E-state index is 0.00525. The summed E-state index contributed by atoms with van der Waals surface area (Å²) in [5.41, 5.74) is 4.82. The van der Waals surface area contributed by atoms with Gasteiger partial charge < -0.3 is 9.88 Å². The number of aromatic nitrogens is 1. The van der Waals surface area contributed by atoms with Crippen LogP contribution < -0.4 is 4.89 Å². The van der Waals surface area contributed by atoms with Crippen LogP contribution in [0.2, 0.25) is 0 Å². The van der Waals surface area contributed by atoms with E-state index >= 15 is 0 Å². The highest BCUT2D eigenvalue weighted by Gasteiger charge is 2.38. The first-order chi connectivity index (χ1) is 16.5. The summed E-state index contributed by atoms with van der Waals surface area (Å²) in [6.07, 6.45) is 12.3. The standard InChI is InChI=1S/C26H15N4O3P/c31-25-21-11-10-19(29-21)13-18-7-6-16(27-18)12-17-8-9-20(28-17)14-22-26(34(32)33)23(24(25)30-22)15-4-2-1-3-5-15/h1-14,27H. The van der Waals surface area contributed by atoms with Crippen molar-refractivity contribution in [2.45, 2.75) is 0 Å². The minimum Gasteiger partial charge on any atom is -0.591 e. The monoisotopic (exact) mass is 462 g/mol. The summed E-state index contributed by atoms with van der Waals surface area (Å²) in [7, 11) is -3.06. The maximum atomic E-state index is 13.5. The van der Waals surface area contributed by atoms with Crippen molar-refractivity contribution in [1.29, 1.82) is 0 Å². The van der Waals surface area contributed by atoms with E-state index in [-0.39, 0.29) is 28.0 Å². The molecule has 4 aliphatic rings. The summed E-state index contributed by atoms with van der Waals surface area (Å²) < 4.78 is 12.4. The van der Waals surface area contributed by atoms with Crippen LogP contribution in [0.5, 0.6) is 0 Å². The number of nitrogens with one attached hydrogen (secondary N) is 1. The SMILES string of the molecule is O=C1C2=NC(=Cc3ccc([nH]3)C=C3C=CC(=N3)C=C3N=C1C(c1ccccc1)=C3[P+](=O)[O-])C=C2. The molecular formula is C26H15N4O3P. The van der Waals surface area contributed by atoms with Crippen LogP contribution in [0.3, 0.4) is 0 Å². The van der Waals surface area contributed by atoms with E-state index < -0.39 is 13.8 Å². The largest absolute Gasteiger partial charge is 0.591 e. The van der Waals surface area contributed by atoms with Gasteiger partial charge >= 0.3 is 8.03 Å². The number of fused-ring (bicyclic) bond motifs is 5. The van der Waals surface area contributed by atoms with Gasteiger partial charge in [0.1, 0.15) is 17.1 Å². The van der Waals surface area contributed by atoms with Gasteiger partial charge in [-0.2, -0.15) is 0 Å². The van der Waals surface area contributed by atoms with Gasteiger partial charge in [0.2, 0.25) is 11.1 Å². The molecule has 0 spiro atoms. The van der Waals surface area contributed by atoms with Crippen LogP contribution in [0.1, 0.15) is 17.0 Å². The molecule has 8 heteroatoms. The van der Waals surface area contributed by atoms with Gasteiger partial charge in [0.25, 0.3) is 0 Å². The second-order valence-electron chi connectivity index (χ2n) is 7.87. The topological polar surface area (TPSA) is 110 Å². The lowest BCUT2D eigenvalue weighted by atomic mass is 9.97. The first-order valence-electron chi connectivity index (χ1n) is 10.5. The number of aliphatic imine (C=N–C) groups is 3. The van der Waals surface area contributed by atoms with E-state index in [1.54, 1.807) is 48.6 Å². The third kappa shape index (κ3) is 3.53. The van der Waals surface area contributed by atoms with Crippen molar-refractivity contribution >= 4 is 48.7 Å².